The van der Waals surface area contributed by atoms with Crippen molar-refractivity contribution in [1.29, 1.82) is 0 Å². The van der Waals surface area contributed by atoms with Crippen LogP contribution in [0.4, 0.5) is 17.1 Å². The molecular formula is C45H29NS. The number of para-hydroxylation sites is 1. The second kappa shape index (κ2) is 10.4. The fourth-order valence-corrected chi connectivity index (χ4v) is 8.79. The fraction of sp³-hybridized carbons (Fsp3) is 0.0222. The Morgan fingerprint density at radius 1 is 0.447 bits per heavy atom. The van der Waals surface area contributed by atoms with Gasteiger partial charge < -0.3 is 4.90 Å². The molecule has 0 saturated heterocycles. The average Bonchev–Trinajstić information content (AvgIpc) is 3.70. The zero-order chi connectivity index (χ0) is 30.9. The highest BCUT2D eigenvalue weighted by atomic mass is 32.1. The highest BCUT2D eigenvalue weighted by molar-refractivity contribution is 7.26. The fourth-order valence-electron chi connectivity index (χ4n) is 7.64. The predicted molar refractivity (Wildman–Crippen MR) is 203 cm³/mol. The topological polar surface area (TPSA) is 3.24 Å². The molecule has 0 saturated carbocycles. The second-order valence-electron chi connectivity index (χ2n) is 12.5. The third kappa shape index (κ3) is 4.22. The summed E-state index contributed by atoms with van der Waals surface area (Å²) in [6.45, 7) is 0. The first-order valence-corrected chi connectivity index (χ1v) is 17.0. The van der Waals surface area contributed by atoms with Crippen LogP contribution in [0, 0.1) is 0 Å². The Morgan fingerprint density at radius 2 is 1.15 bits per heavy atom. The van der Waals surface area contributed by atoms with Crippen LogP contribution < -0.4 is 4.90 Å². The first-order chi connectivity index (χ1) is 23.3. The van der Waals surface area contributed by atoms with Gasteiger partial charge in [0.15, 0.2) is 0 Å². The number of thiophene rings is 1. The molecule has 2 heteroatoms. The molecule has 1 heterocycles. The lowest BCUT2D eigenvalue weighted by Crippen LogP contribution is -2.09. The summed E-state index contributed by atoms with van der Waals surface area (Å²) < 4.78 is 2.66. The minimum absolute atomic E-state index is 0.994. The molecule has 8 aromatic carbocycles. The molecule has 0 unspecified atom stereocenters. The Balaban J connectivity index is 1.09. The molecule has 0 bridgehead atoms. The van der Waals surface area contributed by atoms with Crippen LogP contribution >= 0.6 is 11.3 Å². The first-order valence-electron chi connectivity index (χ1n) is 16.2. The third-order valence-electron chi connectivity index (χ3n) is 9.87. The molecule has 1 aliphatic rings. The molecule has 1 aromatic heterocycles. The molecule has 0 radical (unpaired) electrons. The van der Waals surface area contributed by atoms with Crippen molar-refractivity contribution in [3.05, 3.63) is 175 Å². The molecule has 0 fully saturated rings. The zero-order valence-electron chi connectivity index (χ0n) is 25.7. The number of rotatable bonds is 4. The quantitative estimate of drug-likeness (QED) is 0.190. The van der Waals surface area contributed by atoms with Gasteiger partial charge in [-0.2, -0.15) is 0 Å². The van der Waals surface area contributed by atoms with Crippen molar-refractivity contribution >= 4 is 70.1 Å². The van der Waals surface area contributed by atoms with Gasteiger partial charge in [-0.3, -0.25) is 0 Å². The summed E-state index contributed by atoms with van der Waals surface area (Å²) in [5, 5.41) is 7.96. The number of fused-ring (bicyclic) bond motifs is 10. The van der Waals surface area contributed by atoms with Gasteiger partial charge in [-0.25, -0.2) is 0 Å². The lowest BCUT2D eigenvalue weighted by atomic mass is 9.97. The minimum Gasteiger partial charge on any atom is -0.310 e. The standard InChI is InChI=1S/C45H29NS/c1-2-11-35(12-3-1)46(36-20-16-30(17-21-36)33-15-14-29-8-4-5-10-32(29)26-33)37-22-24-40-43(28-37)47-42-25-19-34-27-41-38-13-7-6-9-31(38)18-23-39(41)44(34)45(40)42/h1-26,28H,27H2. The molecular weight excluding hydrogens is 587 g/mol. The van der Waals surface area contributed by atoms with Gasteiger partial charge in [-0.05, 0) is 110 Å². The van der Waals surface area contributed by atoms with Crippen LogP contribution in [-0.2, 0) is 6.42 Å². The summed E-state index contributed by atoms with van der Waals surface area (Å²) in [5.74, 6) is 0. The monoisotopic (exact) mass is 615 g/mol. The van der Waals surface area contributed by atoms with E-state index in [0.29, 0.717) is 0 Å². The van der Waals surface area contributed by atoms with Gasteiger partial charge in [0.25, 0.3) is 0 Å². The summed E-state index contributed by atoms with van der Waals surface area (Å²) in [5.41, 5.74) is 11.6. The highest BCUT2D eigenvalue weighted by Gasteiger charge is 2.25. The Kier molecular flexibility index (Phi) is 5.88. The van der Waals surface area contributed by atoms with Crippen molar-refractivity contribution in [3.8, 4) is 22.3 Å². The van der Waals surface area contributed by atoms with E-state index in [-0.39, 0.29) is 0 Å². The Morgan fingerprint density at radius 3 is 2.02 bits per heavy atom. The van der Waals surface area contributed by atoms with E-state index in [9.17, 15) is 0 Å². The van der Waals surface area contributed by atoms with Gasteiger partial charge in [0, 0.05) is 37.2 Å². The van der Waals surface area contributed by atoms with Gasteiger partial charge in [0.05, 0.1) is 0 Å². The van der Waals surface area contributed by atoms with Crippen LogP contribution in [0.25, 0.3) is 64.0 Å². The molecule has 1 aliphatic carbocycles. The van der Waals surface area contributed by atoms with Crippen LogP contribution in [0.2, 0.25) is 0 Å². The van der Waals surface area contributed by atoms with Crippen molar-refractivity contribution in [2.75, 3.05) is 4.90 Å². The van der Waals surface area contributed by atoms with Crippen molar-refractivity contribution in [1.82, 2.24) is 0 Å². The molecule has 220 valence electrons. The molecule has 0 atom stereocenters. The number of anilines is 3. The van der Waals surface area contributed by atoms with Gasteiger partial charge in [-0.1, -0.05) is 115 Å². The highest BCUT2D eigenvalue weighted by Crippen LogP contribution is 2.49. The van der Waals surface area contributed by atoms with E-state index >= 15 is 0 Å². The summed E-state index contributed by atoms with van der Waals surface area (Å²) in [7, 11) is 0. The summed E-state index contributed by atoms with van der Waals surface area (Å²) in [4.78, 5) is 2.37. The summed E-state index contributed by atoms with van der Waals surface area (Å²) >= 11 is 1.90. The SMILES string of the molecule is c1ccc(N(c2ccc(-c3ccc4ccccc4c3)cc2)c2ccc3c(c2)sc2ccc4c(c23)-c2ccc3ccccc3c2C4)cc1. The Hall–Kier alpha value is -5.70. The van der Waals surface area contributed by atoms with Crippen molar-refractivity contribution < 1.29 is 0 Å². The maximum atomic E-state index is 2.38. The molecule has 9 aromatic rings. The number of hydrogen-bond acceptors (Lipinski definition) is 2. The van der Waals surface area contributed by atoms with Gasteiger partial charge in [0.2, 0.25) is 0 Å². The van der Waals surface area contributed by atoms with Crippen LogP contribution in [0.5, 0.6) is 0 Å². The molecule has 1 nitrogen and oxygen atoms in total. The van der Waals surface area contributed by atoms with E-state index in [1.165, 1.54) is 75.1 Å². The van der Waals surface area contributed by atoms with Crippen LogP contribution in [0.3, 0.4) is 0 Å². The Bertz CT molecular complexity index is 2650. The molecule has 0 spiro atoms. The van der Waals surface area contributed by atoms with E-state index in [2.05, 4.69) is 169 Å². The van der Waals surface area contributed by atoms with Crippen molar-refractivity contribution in [3.63, 3.8) is 0 Å². The zero-order valence-corrected chi connectivity index (χ0v) is 26.5. The lowest BCUT2D eigenvalue weighted by molar-refractivity contribution is 1.29. The summed E-state index contributed by atoms with van der Waals surface area (Å²) in [6.07, 6.45) is 0.994. The molecule has 0 aliphatic heterocycles. The van der Waals surface area contributed by atoms with E-state index in [1.54, 1.807) is 0 Å². The maximum Gasteiger partial charge on any atom is 0.0476 e. The van der Waals surface area contributed by atoms with Gasteiger partial charge in [-0.15, -0.1) is 11.3 Å². The van der Waals surface area contributed by atoms with Gasteiger partial charge >= 0.3 is 0 Å². The number of hydrogen-bond donors (Lipinski definition) is 0. The predicted octanol–water partition coefficient (Wildman–Crippen LogP) is 13.1. The minimum atomic E-state index is 0.994. The van der Waals surface area contributed by atoms with E-state index in [4.69, 9.17) is 0 Å². The first kappa shape index (κ1) is 26.5. The number of benzene rings is 8. The third-order valence-corrected chi connectivity index (χ3v) is 11.0. The van der Waals surface area contributed by atoms with Crippen molar-refractivity contribution in [2.45, 2.75) is 6.42 Å². The van der Waals surface area contributed by atoms with Crippen LogP contribution in [0.1, 0.15) is 11.1 Å². The summed E-state index contributed by atoms with van der Waals surface area (Å²) in [6, 6.07) is 60.2. The second-order valence-corrected chi connectivity index (χ2v) is 13.6. The lowest BCUT2D eigenvalue weighted by Gasteiger charge is -2.25. The average molecular weight is 616 g/mol. The normalized spacial score (nSPS) is 12.2. The number of nitrogens with zero attached hydrogens (tertiary/aromatic N) is 1. The molecule has 10 rings (SSSR count). The largest absolute Gasteiger partial charge is 0.310 e. The van der Waals surface area contributed by atoms with Crippen LogP contribution in [-0.4, -0.2) is 0 Å². The van der Waals surface area contributed by atoms with E-state index < -0.39 is 0 Å². The molecule has 0 N–H and O–H groups in total. The smallest absolute Gasteiger partial charge is 0.0476 e. The van der Waals surface area contributed by atoms with Gasteiger partial charge in [0.1, 0.15) is 0 Å². The van der Waals surface area contributed by atoms with Crippen molar-refractivity contribution in [2.24, 2.45) is 0 Å². The van der Waals surface area contributed by atoms with E-state index in [1.807, 2.05) is 11.3 Å². The van der Waals surface area contributed by atoms with E-state index in [0.717, 1.165) is 23.5 Å². The van der Waals surface area contributed by atoms with Crippen LogP contribution in [0.15, 0.2) is 164 Å². The molecule has 47 heavy (non-hydrogen) atoms. The maximum absolute atomic E-state index is 2.38. The Labute approximate surface area is 277 Å². The molecule has 0 amide bonds.